The summed E-state index contributed by atoms with van der Waals surface area (Å²) in [7, 11) is 0. The van der Waals surface area contributed by atoms with E-state index in [0.717, 1.165) is 12.8 Å². The van der Waals surface area contributed by atoms with E-state index in [2.05, 4.69) is 12.2 Å². The summed E-state index contributed by atoms with van der Waals surface area (Å²) in [6.07, 6.45) is 10.4. The Kier molecular flexibility index (Phi) is 1.65. The topological polar surface area (TPSA) is 17.1 Å². The van der Waals surface area contributed by atoms with Crippen LogP contribution in [0.15, 0.2) is 23.8 Å². The standard InChI is InChI=1S/C10H12O/c11-10-7-3-5-8-4-1-2-6-9(8)10/h3-5,9H,1-2,6-7H2. The molecule has 0 aromatic carbocycles. The normalized spacial score (nSPS) is 29.6. The fraction of sp³-hybridized carbons (Fsp3) is 0.500. The molecule has 1 nitrogen and oxygen atoms in total. The van der Waals surface area contributed by atoms with Crippen molar-refractivity contribution < 1.29 is 4.79 Å². The Morgan fingerprint density at radius 1 is 1.45 bits per heavy atom. The van der Waals surface area contributed by atoms with Crippen LogP contribution in [0.2, 0.25) is 0 Å². The van der Waals surface area contributed by atoms with Gasteiger partial charge in [-0.1, -0.05) is 18.2 Å². The van der Waals surface area contributed by atoms with Gasteiger partial charge >= 0.3 is 0 Å². The van der Waals surface area contributed by atoms with Crippen molar-refractivity contribution in [3.05, 3.63) is 23.8 Å². The van der Waals surface area contributed by atoms with E-state index >= 15 is 0 Å². The van der Waals surface area contributed by atoms with E-state index < -0.39 is 0 Å². The Morgan fingerprint density at radius 2 is 2.36 bits per heavy atom. The van der Waals surface area contributed by atoms with Crippen molar-refractivity contribution in [2.45, 2.75) is 25.7 Å². The predicted octanol–water partition coefficient (Wildman–Crippen LogP) is 2.24. The molecule has 58 valence electrons. The molecule has 0 saturated heterocycles. The minimum Gasteiger partial charge on any atom is -0.299 e. The van der Waals surface area contributed by atoms with Gasteiger partial charge in [-0.15, -0.1) is 0 Å². The zero-order valence-corrected chi connectivity index (χ0v) is 6.55. The number of carbonyl (C=O) groups is 1. The highest BCUT2D eigenvalue weighted by atomic mass is 16.1. The van der Waals surface area contributed by atoms with Crippen molar-refractivity contribution in [2.24, 2.45) is 5.92 Å². The van der Waals surface area contributed by atoms with E-state index in [1.807, 2.05) is 6.08 Å². The summed E-state index contributed by atoms with van der Waals surface area (Å²) in [5.74, 6) is 0.673. The second kappa shape index (κ2) is 2.65. The first kappa shape index (κ1) is 6.84. The Balaban J connectivity index is 2.31. The van der Waals surface area contributed by atoms with Crippen LogP contribution < -0.4 is 0 Å². The lowest BCUT2D eigenvalue weighted by Crippen LogP contribution is -2.20. The van der Waals surface area contributed by atoms with Gasteiger partial charge < -0.3 is 0 Å². The molecule has 0 saturated carbocycles. The molecule has 11 heavy (non-hydrogen) atoms. The summed E-state index contributed by atoms with van der Waals surface area (Å²) in [6.45, 7) is 0. The number of ketones is 1. The average Bonchev–Trinajstić information content (AvgIpc) is 2.06. The molecule has 1 heteroatoms. The van der Waals surface area contributed by atoms with Crippen LogP contribution in [0.1, 0.15) is 25.7 Å². The van der Waals surface area contributed by atoms with Crippen LogP contribution in [0.4, 0.5) is 0 Å². The van der Waals surface area contributed by atoms with Gasteiger partial charge in [0.15, 0.2) is 0 Å². The second-order valence-corrected chi connectivity index (χ2v) is 3.26. The monoisotopic (exact) mass is 148 g/mol. The Bertz CT molecular complexity index is 235. The van der Waals surface area contributed by atoms with Gasteiger partial charge in [0.25, 0.3) is 0 Å². The molecule has 0 radical (unpaired) electrons. The van der Waals surface area contributed by atoms with E-state index in [4.69, 9.17) is 0 Å². The number of fused-ring (bicyclic) bond motifs is 1. The minimum atomic E-state index is 0.258. The van der Waals surface area contributed by atoms with E-state index in [1.54, 1.807) is 0 Å². The predicted molar refractivity (Wildman–Crippen MR) is 44.2 cm³/mol. The third-order valence-corrected chi connectivity index (χ3v) is 2.50. The van der Waals surface area contributed by atoms with Crippen LogP contribution in [-0.4, -0.2) is 5.78 Å². The number of hydrogen-bond donors (Lipinski definition) is 0. The number of hydrogen-bond acceptors (Lipinski definition) is 1. The largest absolute Gasteiger partial charge is 0.299 e. The Labute approximate surface area is 66.8 Å². The summed E-state index contributed by atoms with van der Waals surface area (Å²) < 4.78 is 0. The smallest absolute Gasteiger partial charge is 0.144 e. The molecular weight excluding hydrogens is 136 g/mol. The van der Waals surface area contributed by atoms with Crippen LogP contribution in [-0.2, 0) is 4.79 Å². The van der Waals surface area contributed by atoms with Crippen molar-refractivity contribution >= 4 is 5.78 Å². The lowest BCUT2D eigenvalue weighted by molar-refractivity contribution is -0.121. The Hall–Kier alpha value is -0.850. The van der Waals surface area contributed by atoms with Gasteiger partial charge in [0, 0.05) is 12.3 Å². The molecule has 0 bridgehead atoms. The lowest BCUT2D eigenvalue weighted by Gasteiger charge is -2.23. The molecule has 1 unspecified atom stereocenters. The molecule has 0 heterocycles. The van der Waals surface area contributed by atoms with Crippen LogP contribution in [0.5, 0.6) is 0 Å². The minimum absolute atomic E-state index is 0.258. The number of Topliss-reactive ketones (excluding diaryl/α,β-unsaturated/α-hetero) is 1. The van der Waals surface area contributed by atoms with Crippen LogP contribution in [0.25, 0.3) is 0 Å². The van der Waals surface area contributed by atoms with E-state index in [0.29, 0.717) is 12.2 Å². The van der Waals surface area contributed by atoms with Gasteiger partial charge in [0.05, 0.1) is 0 Å². The van der Waals surface area contributed by atoms with Gasteiger partial charge in [-0.05, 0) is 24.8 Å². The molecule has 0 aliphatic heterocycles. The summed E-state index contributed by atoms with van der Waals surface area (Å²) in [6, 6.07) is 0. The summed E-state index contributed by atoms with van der Waals surface area (Å²) in [5.41, 5.74) is 1.27. The van der Waals surface area contributed by atoms with Crippen LogP contribution >= 0.6 is 0 Å². The number of carbonyl (C=O) groups excluding carboxylic acids is 1. The maximum atomic E-state index is 11.3. The van der Waals surface area contributed by atoms with Gasteiger partial charge in [-0.2, -0.15) is 0 Å². The lowest BCUT2D eigenvalue weighted by atomic mass is 9.80. The fourth-order valence-electron chi connectivity index (χ4n) is 1.88. The van der Waals surface area contributed by atoms with Crippen molar-refractivity contribution in [1.82, 2.24) is 0 Å². The number of allylic oxidation sites excluding steroid dienone is 4. The molecule has 0 aromatic heterocycles. The zero-order chi connectivity index (χ0) is 7.68. The molecule has 1 atom stereocenters. The molecule has 2 rings (SSSR count). The first-order chi connectivity index (χ1) is 5.38. The molecule has 0 N–H and O–H groups in total. The van der Waals surface area contributed by atoms with Gasteiger partial charge in [0.2, 0.25) is 0 Å². The molecule has 0 fully saturated rings. The van der Waals surface area contributed by atoms with Crippen molar-refractivity contribution in [3.8, 4) is 0 Å². The summed E-state index contributed by atoms with van der Waals surface area (Å²) in [5, 5.41) is 0. The van der Waals surface area contributed by atoms with Gasteiger partial charge in [-0.3, -0.25) is 4.79 Å². The zero-order valence-electron chi connectivity index (χ0n) is 6.55. The molecule has 0 spiro atoms. The van der Waals surface area contributed by atoms with Crippen LogP contribution in [0, 0.1) is 5.92 Å². The van der Waals surface area contributed by atoms with E-state index in [1.165, 1.54) is 12.0 Å². The van der Waals surface area contributed by atoms with E-state index in [9.17, 15) is 4.79 Å². The molecule has 0 aromatic rings. The van der Waals surface area contributed by atoms with E-state index in [-0.39, 0.29) is 5.92 Å². The third kappa shape index (κ3) is 1.15. The molecule has 0 amide bonds. The fourth-order valence-corrected chi connectivity index (χ4v) is 1.88. The quantitative estimate of drug-likeness (QED) is 0.515. The second-order valence-electron chi connectivity index (χ2n) is 3.26. The molecular formula is C10H12O. The highest BCUT2D eigenvalue weighted by Crippen LogP contribution is 2.30. The number of rotatable bonds is 0. The first-order valence-electron chi connectivity index (χ1n) is 4.27. The SMILES string of the molecule is O=C1CC=CC2=CCCCC12. The molecule has 2 aliphatic carbocycles. The van der Waals surface area contributed by atoms with Crippen molar-refractivity contribution in [1.29, 1.82) is 0 Å². The van der Waals surface area contributed by atoms with Gasteiger partial charge in [-0.25, -0.2) is 0 Å². The summed E-state index contributed by atoms with van der Waals surface area (Å²) >= 11 is 0. The Morgan fingerprint density at radius 3 is 3.18 bits per heavy atom. The van der Waals surface area contributed by atoms with Crippen molar-refractivity contribution in [3.63, 3.8) is 0 Å². The van der Waals surface area contributed by atoms with Crippen molar-refractivity contribution in [2.75, 3.05) is 0 Å². The maximum absolute atomic E-state index is 11.3. The third-order valence-electron chi connectivity index (χ3n) is 2.50. The van der Waals surface area contributed by atoms with Gasteiger partial charge in [0.1, 0.15) is 5.78 Å². The first-order valence-corrected chi connectivity index (χ1v) is 4.27. The molecule has 2 aliphatic rings. The highest BCUT2D eigenvalue weighted by molar-refractivity contribution is 5.87. The maximum Gasteiger partial charge on any atom is 0.144 e. The average molecular weight is 148 g/mol. The van der Waals surface area contributed by atoms with Crippen LogP contribution in [0.3, 0.4) is 0 Å². The highest BCUT2D eigenvalue weighted by Gasteiger charge is 2.24. The summed E-state index contributed by atoms with van der Waals surface area (Å²) in [4.78, 5) is 11.3.